The molecule has 0 radical (unpaired) electrons. The molecule has 9 heteroatoms. The van der Waals surface area contributed by atoms with Crippen LogP contribution in [0.2, 0.25) is 0 Å². The third-order valence-corrected chi connectivity index (χ3v) is 3.40. The average Bonchev–Trinajstić information content (AvgIpc) is 2.43. The van der Waals surface area contributed by atoms with Crippen molar-refractivity contribution in [2.75, 3.05) is 6.61 Å². The van der Waals surface area contributed by atoms with E-state index in [2.05, 4.69) is 10.6 Å². The standard InChI is InChI=1S/C14H12Cl3FN2O3/c1-7-10(12(21)23-6-14(15,16)17)11(20-13(22)19-7)8-4-2-3-5-9(8)18/h2-5,11H,6H2,1H3,(H2,19,20,22)/t11-/m1/s1. The molecule has 5 nitrogen and oxygen atoms in total. The number of amides is 2. The Balaban J connectivity index is 2.36. The highest BCUT2D eigenvalue weighted by Gasteiger charge is 2.34. The number of nitrogens with one attached hydrogen (secondary N) is 2. The maximum Gasteiger partial charge on any atom is 0.338 e. The fraction of sp³-hybridized carbons (Fsp3) is 0.286. The van der Waals surface area contributed by atoms with E-state index in [1.54, 1.807) is 6.07 Å². The lowest BCUT2D eigenvalue weighted by molar-refractivity contribution is -0.139. The highest BCUT2D eigenvalue weighted by atomic mass is 35.6. The van der Waals surface area contributed by atoms with E-state index >= 15 is 0 Å². The number of carbonyl (C=O) groups excluding carboxylic acids is 2. The number of carbonyl (C=O) groups is 2. The Morgan fingerprint density at radius 1 is 1.35 bits per heavy atom. The van der Waals surface area contributed by atoms with Crippen LogP contribution < -0.4 is 10.6 Å². The van der Waals surface area contributed by atoms with E-state index in [-0.39, 0.29) is 16.8 Å². The Morgan fingerprint density at radius 3 is 2.61 bits per heavy atom. The lowest BCUT2D eigenvalue weighted by Gasteiger charge is -2.28. The summed E-state index contributed by atoms with van der Waals surface area (Å²) in [4.78, 5) is 23.9. The highest BCUT2D eigenvalue weighted by Crippen LogP contribution is 2.31. The normalized spacial score (nSPS) is 18.3. The molecule has 1 aromatic carbocycles. The van der Waals surface area contributed by atoms with Gasteiger partial charge in [-0.2, -0.15) is 0 Å². The number of allylic oxidation sites excluding steroid dienone is 1. The minimum absolute atomic E-state index is 0.0314. The average molecular weight is 382 g/mol. The predicted molar refractivity (Wildman–Crippen MR) is 84.8 cm³/mol. The molecule has 0 saturated carbocycles. The lowest BCUT2D eigenvalue weighted by Crippen LogP contribution is -2.45. The van der Waals surface area contributed by atoms with Crippen LogP contribution in [-0.2, 0) is 9.53 Å². The van der Waals surface area contributed by atoms with Gasteiger partial charge in [0.15, 0.2) is 0 Å². The molecule has 0 spiro atoms. The van der Waals surface area contributed by atoms with Gasteiger partial charge in [0.25, 0.3) is 0 Å². The summed E-state index contributed by atoms with van der Waals surface area (Å²) in [5, 5.41) is 4.92. The molecule has 1 heterocycles. The topological polar surface area (TPSA) is 67.4 Å². The quantitative estimate of drug-likeness (QED) is 0.623. The van der Waals surface area contributed by atoms with E-state index in [0.717, 1.165) is 0 Å². The van der Waals surface area contributed by atoms with Gasteiger partial charge in [-0.3, -0.25) is 0 Å². The van der Waals surface area contributed by atoms with Gasteiger partial charge in [0.1, 0.15) is 12.4 Å². The van der Waals surface area contributed by atoms with Crippen LogP contribution in [0.25, 0.3) is 0 Å². The van der Waals surface area contributed by atoms with Crippen molar-refractivity contribution in [1.82, 2.24) is 10.6 Å². The minimum atomic E-state index is -1.77. The van der Waals surface area contributed by atoms with Crippen LogP contribution in [0.15, 0.2) is 35.5 Å². The van der Waals surface area contributed by atoms with E-state index in [4.69, 9.17) is 39.5 Å². The van der Waals surface area contributed by atoms with Crippen molar-refractivity contribution >= 4 is 46.8 Å². The molecular weight excluding hydrogens is 370 g/mol. The van der Waals surface area contributed by atoms with Gasteiger partial charge in [-0.25, -0.2) is 14.0 Å². The van der Waals surface area contributed by atoms with Crippen molar-refractivity contribution in [3.8, 4) is 0 Å². The summed E-state index contributed by atoms with van der Waals surface area (Å²) in [5.74, 6) is -1.39. The third kappa shape index (κ3) is 4.50. The summed E-state index contributed by atoms with van der Waals surface area (Å²) in [6.45, 7) is 1.02. The van der Waals surface area contributed by atoms with Gasteiger partial charge in [0, 0.05) is 11.3 Å². The van der Waals surface area contributed by atoms with Crippen molar-refractivity contribution in [3.63, 3.8) is 0 Å². The Hall–Kier alpha value is -1.50. The van der Waals surface area contributed by atoms with Gasteiger partial charge < -0.3 is 15.4 Å². The monoisotopic (exact) mass is 380 g/mol. The number of hydrogen-bond acceptors (Lipinski definition) is 3. The molecule has 1 aromatic rings. The molecule has 1 atom stereocenters. The molecule has 2 N–H and O–H groups in total. The fourth-order valence-corrected chi connectivity index (χ4v) is 2.30. The molecular formula is C14H12Cl3FN2O3. The molecule has 0 aromatic heterocycles. The SMILES string of the molecule is CC1=C(C(=O)OCC(Cl)(Cl)Cl)[C@@H](c2ccccc2F)NC(=O)N1. The Morgan fingerprint density at radius 2 is 2.00 bits per heavy atom. The van der Waals surface area contributed by atoms with Gasteiger partial charge in [0.05, 0.1) is 11.6 Å². The summed E-state index contributed by atoms with van der Waals surface area (Å²) in [6, 6.07) is 4.21. The van der Waals surface area contributed by atoms with Crippen LogP contribution in [0, 0.1) is 5.82 Å². The number of rotatable bonds is 3. The van der Waals surface area contributed by atoms with E-state index < -0.39 is 34.3 Å². The number of benzene rings is 1. The molecule has 0 fully saturated rings. The number of ether oxygens (including phenoxy) is 1. The maximum atomic E-state index is 14.0. The second-order valence-electron chi connectivity index (χ2n) is 4.78. The van der Waals surface area contributed by atoms with Crippen molar-refractivity contribution in [3.05, 3.63) is 46.9 Å². The molecule has 0 aliphatic carbocycles. The Labute approximate surface area is 146 Å². The zero-order chi connectivity index (χ0) is 17.2. The van der Waals surface area contributed by atoms with E-state index in [9.17, 15) is 14.0 Å². The predicted octanol–water partition coefficient (Wildman–Crippen LogP) is 3.37. The fourth-order valence-electron chi connectivity index (χ4n) is 2.13. The first-order valence-corrected chi connectivity index (χ1v) is 7.59. The van der Waals surface area contributed by atoms with Gasteiger partial charge in [-0.15, -0.1) is 0 Å². The summed E-state index contributed by atoms with van der Waals surface area (Å²) in [5.41, 5.74) is 0.391. The second-order valence-corrected chi connectivity index (χ2v) is 7.30. The first kappa shape index (κ1) is 17.8. The zero-order valence-electron chi connectivity index (χ0n) is 11.8. The third-order valence-electron chi connectivity index (χ3n) is 3.07. The zero-order valence-corrected chi connectivity index (χ0v) is 14.1. The van der Waals surface area contributed by atoms with E-state index in [0.29, 0.717) is 0 Å². The summed E-state index contributed by atoms with van der Waals surface area (Å²) >= 11 is 16.6. The van der Waals surface area contributed by atoms with Crippen LogP contribution >= 0.6 is 34.8 Å². The first-order valence-electron chi connectivity index (χ1n) is 6.45. The van der Waals surface area contributed by atoms with Crippen molar-refractivity contribution < 1.29 is 18.7 Å². The van der Waals surface area contributed by atoms with Gasteiger partial charge >= 0.3 is 12.0 Å². The molecule has 124 valence electrons. The first-order chi connectivity index (χ1) is 10.7. The van der Waals surface area contributed by atoms with Crippen molar-refractivity contribution in [2.45, 2.75) is 16.8 Å². The summed E-state index contributed by atoms with van der Waals surface area (Å²) in [7, 11) is 0. The summed E-state index contributed by atoms with van der Waals surface area (Å²) in [6.07, 6.45) is 0. The van der Waals surface area contributed by atoms with Crippen molar-refractivity contribution in [2.24, 2.45) is 0 Å². The molecule has 23 heavy (non-hydrogen) atoms. The number of esters is 1. The van der Waals surface area contributed by atoms with Crippen molar-refractivity contribution in [1.29, 1.82) is 0 Å². The smallest absolute Gasteiger partial charge is 0.338 e. The van der Waals surface area contributed by atoms with Crippen LogP contribution in [0.4, 0.5) is 9.18 Å². The molecule has 0 bridgehead atoms. The molecule has 2 amide bonds. The maximum absolute atomic E-state index is 14.0. The Bertz CT molecular complexity index is 673. The number of alkyl halides is 3. The molecule has 1 aliphatic rings. The minimum Gasteiger partial charge on any atom is -0.458 e. The molecule has 0 unspecified atom stereocenters. The second kappa shape index (κ2) is 6.95. The van der Waals surface area contributed by atoms with Gasteiger partial charge in [0.2, 0.25) is 3.79 Å². The lowest BCUT2D eigenvalue weighted by atomic mass is 9.95. The number of hydrogen-bond donors (Lipinski definition) is 2. The molecule has 0 saturated heterocycles. The van der Waals surface area contributed by atoms with Crippen LogP contribution in [-0.4, -0.2) is 22.4 Å². The summed E-state index contributed by atoms with van der Waals surface area (Å²) < 4.78 is 17.2. The van der Waals surface area contributed by atoms with Crippen LogP contribution in [0.5, 0.6) is 0 Å². The number of halogens is 4. The largest absolute Gasteiger partial charge is 0.458 e. The molecule has 1 aliphatic heterocycles. The van der Waals surface area contributed by atoms with Gasteiger partial charge in [-0.1, -0.05) is 53.0 Å². The van der Waals surface area contributed by atoms with E-state index in [1.807, 2.05) is 0 Å². The molecule has 2 rings (SSSR count). The van der Waals surface area contributed by atoms with Gasteiger partial charge in [-0.05, 0) is 13.0 Å². The van der Waals surface area contributed by atoms with Crippen LogP contribution in [0.1, 0.15) is 18.5 Å². The Kier molecular flexibility index (Phi) is 5.39. The van der Waals surface area contributed by atoms with E-state index in [1.165, 1.54) is 25.1 Å². The number of urea groups is 1. The van der Waals surface area contributed by atoms with Crippen LogP contribution in [0.3, 0.4) is 0 Å². The highest BCUT2D eigenvalue weighted by molar-refractivity contribution is 6.67.